The number of ether oxygens (including phenoxy) is 2. The third-order valence-corrected chi connectivity index (χ3v) is 4.05. The number of rotatable bonds is 2. The minimum Gasteiger partial charge on any atom is -0.376 e. The molecule has 0 saturated carbocycles. The number of benzene rings is 2. The van der Waals surface area contributed by atoms with Crippen molar-refractivity contribution in [3.63, 3.8) is 0 Å². The summed E-state index contributed by atoms with van der Waals surface area (Å²) in [5.41, 5.74) is 2.57. The Morgan fingerprint density at radius 2 is 1.33 bits per heavy atom. The molecule has 0 N–H and O–H groups in total. The van der Waals surface area contributed by atoms with E-state index in [4.69, 9.17) is 9.47 Å². The quantitative estimate of drug-likeness (QED) is 0.796. The van der Waals surface area contributed by atoms with Gasteiger partial charge in [0.25, 0.3) is 0 Å². The van der Waals surface area contributed by atoms with E-state index < -0.39 is 0 Å². The van der Waals surface area contributed by atoms with Crippen LogP contribution in [0.3, 0.4) is 0 Å². The van der Waals surface area contributed by atoms with Crippen LogP contribution in [-0.2, 0) is 9.47 Å². The molecule has 2 heteroatoms. The maximum absolute atomic E-state index is 5.70. The van der Waals surface area contributed by atoms with Gasteiger partial charge in [-0.2, -0.15) is 0 Å². The summed E-state index contributed by atoms with van der Waals surface area (Å²) in [4.78, 5) is 0. The second-order valence-electron chi connectivity index (χ2n) is 4.96. The molecule has 0 saturated heterocycles. The smallest absolute Gasteiger partial charge is 0.0880 e. The number of hydrogen-bond donors (Lipinski definition) is 0. The molecule has 0 amide bonds. The zero-order valence-electron chi connectivity index (χ0n) is 11.0. The van der Waals surface area contributed by atoms with Crippen LogP contribution in [0.1, 0.15) is 30.3 Å². The van der Waals surface area contributed by atoms with E-state index in [1.807, 2.05) is 0 Å². The predicted molar refractivity (Wildman–Crippen MR) is 72.6 cm³/mol. The molecule has 2 aromatic rings. The second kappa shape index (κ2) is 4.38. The predicted octanol–water partition coefficient (Wildman–Crippen LogP) is 3.86. The van der Waals surface area contributed by atoms with E-state index in [2.05, 4.69) is 43.3 Å². The first-order valence-corrected chi connectivity index (χ1v) is 6.35. The van der Waals surface area contributed by atoms with Gasteiger partial charge in [-0.05, 0) is 21.9 Å². The summed E-state index contributed by atoms with van der Waals surface area (Å²) in [5, 5.41) is 2.57. The molecular formula is C16H18O2. The van der Waals surface area contributed by atoms with E-state index in [1.54, 1.807) is 14.2 Å². The summed E-state index contributed by atoms with van der Waals surface area (Å²) in [5.74, 6) is 0.320. The van der Waals surface area contributed by atoms with Gasteiger partial charge in [-0.15, -0.1) is 0 Å². The average molecular weight is 242 g/mol. The second-order valence-corrected chi connectivity index (χ2v) is 4.96. The minimum atomic E-state index is 0.105. The third kappa shape index (κ3) is 1.49. The van der Waals surface area contributed by atoms with E-state index in [0.29, 0.717) is 5.92 Å². The van der Waals surface area contributed by atoms with Crippen molar-refractivity contribution in [2.75, 3.05) is 14.2 Å². The molecule has 94 valence electrons. The highest BCUT2D eigenvalue weighted by molar-refractivity contribution is 5.90. The van der Waals surface area contributed by atoms with Gasteiger partial charge in [0, 0.05) is 20.1 Å². The summed E-state index contributed by atoms with van der Waals surface area (Å²) in [6, 6.07) is 12.8. The highest BCUT2D eigenvalue weighted by Crippen LogP contribution is 2.46. The van der Waals surface area contributed by atoms with E-state index in [-0.39, 0.29) is 12.2 Å². The average Bonchev–Trinajstić information content (AvgIpc) is 2.40. The fraction of sp³-hybridized carbons (Fsp3) is 0.375. The molecule has 0 fully saturated rings. The maximum Gasteiger partial charge on any atom is 0.0880 e. The summed E-state index contributed by atoms with van der Waals surface area (Å²) >= 11 is 0. The zero-order chi connectivity index (χ0) is 12.7. The molecule has 0 bridgehead atoms. The summed E-state index contributed by atoms with van der Waals surface area (Å²) < 4.78 is 11.4. The minimum absolute atomic E-state index is 0.105. The van der Waals surface area contributed by atoms with Crippen LogP contribution in [-0.4, -0.2) is 14.2 Å². The highest BCUT2D eigenvalue weighted by Gasteiger charge is 2.35. The number of methoxy groups -OCH3 is 2. The standard InChI is InChI=1S/C16H18O2/c1-10-15(17-2)12-8-4-6-11-7-5-9-13(14(11)12)16(10)18-3/h4-10,15-16H,1-3H3. The van der Waals surface area contributed by atoms with Crippen LogP contribution in [0.5, 0.6) is 0 Å². The lowest BCUT2D eigenvalue weighted by Crippen LogP contribution is -2.25. The molecular weight excluding hydrogens is 224 g/mol. The molecule has 2 unspecified atom stereocenters. The van der Waals surface area contributed by atoms with Crippen LogP contribution in [0.15, 0.2) is 36.4 Å². The summed E-state index contributed by atoms with van der Waals surface area (Å²) in [7, 11) is 3.56. The molecule has 2 atom stereocenters. The van der Waals surface area contributed by atoms with E-state index >= 15 is 0 Å². The van der Waals surface area contributed by atoms with Gasteiger partial charge in [0.2, 0.25) is 0 Å². The van der Waals surface area contributed by atoms with Crippen molar-refractivity contribution in [2.24, 2.45) is 5.92 Å². The highest BCUT2D eigenvalue weighted by atomic mass is 16.5. The molecule has 0 radical (unpaired) electrons. The third-order valence-electron chi connectivity index (χ3n) is 4.05. The molecule has 3 rings (SSSR count). The Morgan fingerprint density at radius 3 is 1.78 bits per heavy atom. The fourth-order valence-electron chi connectivity index (χ4n) is 3.28. The Balaban J connectivity index is 2.35. The first kappa shape index (κ1) is 11.7. The van der Waals surface area contributed by atoms with E-state index in [9.17, 15) is 0 Å². The monoisotopic (exact) mass is 242 g/mol. The Labute approximate surface area is 108 Å². The summed E-state index contributed by atoms with van der Waals surface area (Å²) in [6.45, 7) is 2.19. The lowest BCUT2D eigenvalue weighted by molar-refractivity contribution is -0.0319. The van der Waals surface area contributed by atoms with Gasteiger partial charge in [-0.25, -0.2) is 0 Å². The molecule has 18 heavy (non-hydrogen) atoms. The van der Waals surface area contributed by atoms with Crippen LogP contribution in [0.2, 0.25) is 0 Å². The first-order chi connectivity index (χ1) is 8.77. The van der Waals surface area contributed by atoms with Crippen molar-refractivity contribution >= 4 is 10.8 Å². The normalized spacial score (nSPS) is 26.5. The molecule has 0 spiro atoms. The Morgan fingerprint density at radius 1 is 0.833 bits per heavy atom. The van der Waals surface area contributed by atoms with Gasteiger partial charge in [-0.3, -0.25) is 0 Å². The van der Waals surface area contributed by atoms with Crippen molar-refractivity contribution in [3.05, 3.63) is 47.5 Å². The van der Waals surface area contributed by atoms with Gasteiger partial charge < -0.3 is 9.47 Å². The Bertz CT molecular complexity index is 530. The molecule has 0 heterocycles. The van der Waals surface area contributed by atoms with Gasteiger partial charge in [0.05, 0.1) is 12.2 Å². The topological polar surface area (TPSA) is 18.5 Å². The SMILES string of the molecule is COC1c2cccc3cccc(c23)C(OC)C1C. The molecule has 0 aromatic heterocycles. The van der Waals surface area contributed by atoms with Gasteiger partial charge in [0.1, 0.15) is 0 Å². The number of hydrogen-bond acceptors (Lipinski definition) is 2. The van der Waals surface area contributed by atoms with Crippen LogP contribution < -0.4 is 0 Å². The largest absolute Gasteiger partial charge is 0.376 e. The molecule has 1 aliphatic rings. The molecule has 0 aliphatic heterocycles. The first-order valence-electron chi connectivity index (χ1n) is 6.35. The lowest BCUT2D eigenvalue weighted by atomic mass is 9.78. The van der Waals surface area contributed by atoms with Crippen molar-refractivity contribution in [2.45, 2.75) is 19.1 Å². The van der Waals surface area contributed by atoms with Gasteiger partial charge >= 0.3 is 0 Å². The van der Waals surface area contributed by atoms with Crippen molar-refractivity contribution in [1.29, 1.82) is 0 Å². The Kier molecular flexibility index (Phi) is 2.84. The van der Waals surface area contributed by atoms with Gasteiger partial charge in [-0.1, -0.05) is 43.3 Å². The molecule has 1 aliphatic carbocycles. The molecule has 2 nitrogen and oxygen atoms in total. The maximum atomic E-state index is 5.70. The van der Waals surface area contributed by atoms with Crippen LogP contribution >= 0.6 is 0 Å². The van der Waals surface area contributed by atoms with E-state index in [1.165, 1.54) is 21.9 Å². The summed E-state index contributed by atoms with van der Waals surface area (Å²) in [6.07, 6.45) is 0.210. The van der Waals surface area contributed by atoms with Crippen molar-refractivity contribution < 1.29 is 9.47 Å². The van der Waals surface area contributed by atoms with Gasteiger partial charge in [0.15, 0.2) is 0 Å². The van der Waals surface area contributed by atoms with Crippen LogP contribution in [0.25, 0.3) is 10.8 Å². The van der Waals surface area contributed by atoms with Crippen LogP contribution in [0.4, 0.5) is 0 Å². The molecule has 2 aromatic carbocycles. The lowest BCUT2D eigenvalue weighted by Gasteiger charge is -2.36. The zero-order valence-corrected chi connectivity index (χ0v) is 11.0. The van der Waals surface area contributed by atoms with Crippen LogP contribution in [0, 0.1) is 5.92 Å². The fourth-order valence-corrected chi connectivity index (χ4v) is 3.28. The van der Waals surface area contributed by atoms with E-state index in [0.717, 1.165) is 0 Å². The van der Waals surface area contributed by atoms with Crippen molar-refractivity contribution in [1.82, 2.24) is 0 Å². The Hall–Kier alpha value is -1.38. The van der Waals surface area contributed by atoms with Crippen molar-refractivity contribution in [3.8, 4) is 0 Å².